The average Bonchev–Trinajstić information content (AvgIpc) is 2.86. The predicted octanol–water partition coefficient (Wildman–Crippen LogP) is 3.39. The van der Waals surface area contributed by atoms with Gasteiger partial charge in [0.2, 0.25) is 0 Å². The number of hydrogen-bond donors (Lipinski definition) is 1. The van der Waals surface area contributed by atoms with Gasteiger partial charge < -0.3 is 15.1 Å². The summed E-state index contributed by atoms with van der Waals surface area (Å²) < 4.78 is 38.9. The van der Waals surface area contributed by atoms with Crippen LogP contribution in [-0.4, -0.2) is 61.3 Å². The Kier molecular flexibility index (Phi) is 4.94. The van der Waals surface area contributed by atoms with Gasteiger partial charge in [0.25, 0.3) is 0 Å². The van der Waals surface area contributed by atoms with Crippen LogP contribution in [-0.2, 0) is 5.41 Å². The molecular weight excluding hydrogens is 343 g/mol. The molecule has 144 valence electrons. The van der Waals surface area contributed by atoms with E-state index in [4.69, 9.17) is 0 Å². The molecule has 0 radical (unpaired) electrons. The summed E-state index contributed by atoms with van der Waals surface area (Å²) in [6.45, 7) is -0.0344. The lowest BCUT2D eigenvalue weighted by molar-refractivity contribution is -0.149. The highest BCUT2D eigenvalue weighted by Gasteiger charge is 2.53. The molecule has 1 saturated carbocycles. The van der Waals surface area contributed by atoms with Gasteiger partial charge in [-0.25, -0.2) is 4.79 Å². The van der Waals surface area contributed by atoms with Gasteiger partial charge in [0.05, 0.1) is 5.54 Å². The van der Waals surface area contributed by atoms with Gasteiger partial charge in [-0.2, -0.15) is 13.2 Å². The molecule has 0 aromatic heterocycles. The van der Waals surface area contributed by atoms with Gasteiger partial charge in [-0.05, 0) is 45.3 Å². The molecule has 2 amide bonds. The summed E-state index contributed by atoms with van der Waals surface area (Å²) in [7, 11) is 4.04. The summed E-state index contributed by atoms with van der Waals surface area (Å²) in [5.41, 5.74) is 0.408. The smallest absolute Gasteiger partial charge is 0.336 e. The van der Waals surface area contributed by atoms with Crippen LogP contribution in [0.2, 0.25) is 0 Å². The van der Waals surface area contributed by atoms with Crippen LogP contribution in [0.15, 0.2) is 30.3 Å². The van der Waals surface area contributed by atoms with Gasteiger partial charge in [0.1, 0.15) is 6.54 Å². The van der Waals surface area contributed by atoms with Crippen LogP contribution >= 0.6 is 0 Å². The van der Waals surface area contributed by atoms with E-state index in [2.05, 4.69) is 22.3 Å². The van der Waals surface area contributed by atoms with Crippen LogP contribution in [0.4, 0.5) is 18.0 Å². The highest BCUT2D eigenvalue weighted by atomic mass is 19.4. The topological polar surface area (TPSA) is 35.6 Å². The number of hydrogen-bond acceptors (Lipinski definition) is 2. The monoisotopic (exact) mass is 369 g/mol. The van der Waals surface area contributed by atoms with Crippen LogP contribution < -0.4 is 5.32 Å². The highest BCUT2D eigenvalue weighted by molar-refractivity contribution is 5.78. The molecule has 1 saturated heterocycles. The summed E-state index contributed by atoms with van der Waals surface area (Å²) in [6.07, 6.45) is -1.71. The number of amides is 2. The van der Waals surface area contributed by atoms with Crippen LogP contribution in [0.5, 0.6) is 0 Å². The van der Waals surface area contributed by atoms with Crippen molar-refractivity contribution in [3.8, 4) is 0 Å². The second-order valence-electron chi connectivity index (χ2n) is 7.97. The molecule has 7 heteroatoms. The molecule has 4 nitrogen and oxygen atoms in total. The molecule has 26 heavy (non-hydrogen) atoms. The normalized spacial score (nSPS) is 29.5. The molecule has 2 fully saturated rings. The van der Waals surface area contributed by atoms with E-state index >= 15 is 0 Å². The van der Waals surface area contributed by atoms with Crippen molar-refractivity contribution >= 4 is 6.03 Å². The van der Waals surface area contributed by atoms with Crippen molar-refractivity contribution in [1.82, 2.24) is 15.1 Å². The molecule has 1 heterocycles. The predicted molar refractivity (Wildman–Crippen MR) is 94.0 cm³/mol. The first-order chi connectivity index (χ1) is 12.2. The molecule has 3 rings (SSSR count). The number of halogens is 3. The molecule has 0 unspecified atom stereocenters. The molecule has 0 atom stereocenters. The van der Waals surface area contributed by atoms with Gasteiger partial charge in [0.15, 0.2) is 0 Å². The van der Waals surface area contributed by atoms with Gasteiger partial charge in [-0.1, -0.05) is 30.3 Å². The number of carbonyl (C=O) groups excluding carboxylic acids is 1. The number of carbonyl (C=O) groups is 1. The molecular formula is C19H26F3N3O. The van der Waals surface area contributed by atoms with Crippen LogP contribution in [0.25, 0.3) is 0 Å². The molecule has 2 aliphatic rings. The first-order valence-corrected chi connectivity index (χ1v) is 8.98. The number of benzene rings is 1. The summed E-state index contributed by atoms with van der Waals surface area (Å²) in [5.74, 6) is 0. The minimum atomic E-state index is -4.38. The number of nitrogens with one attached hydrogen (secondary N) is 1. The maximum absolute atomic E-state index is 13.0. The second kappa shape index (κ2) is 6.76. The molecule has 1 aliphatic heterocycles. The fourth-order valence-corrected chi connectivity index (χ4v) is 4.64. The summed E-state index contributed by atoms with van der Waals surface area (Å²) >= 11 is 0. The number of nitrogens with zero attached hydrogens (tertiary/aromatic N) is 2. The van der Waals surface area contributed by atoms with E-state index < -0.39 is 24.3 Å². The maximum Gasteiger partial charge on any atom is 0.406 e. The quantitative estimate of drug-likeness (QED) is 0.883. The van der Waals surface area contributed by atoms with Crippen molar-refractivity contribution in [2.24, 2.45) is 0 Å². The number of rotatable bonds is 4. The van der Waals surface area contributed by atoms with E-state index in [1.54, 1.807) is 0 Å². The summed E-state index contributed by atoms with van der Waals surface area (Å²) in [5, 5.41) is 2.64. The number of alkyl halides is 3. The third-order valence-corrected chi connectivity index (χ3v) is 5.87. The number of urea groups is 1. The Hall–Kier alpha value is -1.76. The number of likely N-dealkylation sites (N-methyl/N-ethyl adjacent to an activating group) is 1. The third kappa shape index (κ3) is 3.68. The van der Waals surface area contributed by atoms with Crippen LogP contribution in [0.1, 0.15) is 31.2 Å². The Morgan fingerprint density at radius 1 is 1.12 bits per heavy atom. The lowest BCUT2D eigenvalue weighted by atomic mass is 9.63. The average molecular weight is 369 g/mol. The van der Waals surface area contributed by atoms with E-state index in [1.165, 1.54) is 5.56 Å². The zero-order chi connectivity index (χ0) is 19.0. The molecule has 0 bridgehead atoms. The van der Waals surface area contributed by atoms with Gasteiger partial charge >= 0.3 is 12.2 Å². The first kappa shape index (κ1) is 19.0. The van der Waals surface area contributed by atoms with E-state index in [1.807, 2.05) is 32.3 Å². The zero-order valence-corrected chi connectivity index (χ0v) is 15.3. The van der Waals surface area contributed by atoms with Gasteiger partial charge in [-0.15, -0.1) is 0 Å². The SMILES string of the molecule is CN(C)C[C@]1(c2ccccc2)CC[C@]2(CC1)CNC(=O)N2CC(F)(F)F. The Morgan fingerprint density at radius 2 is 1.73 bits per heavy atom. The van der Waals surface area contributed by atoms with Gasteiger partial charge in [-0.3, -0.25) is 0 Å². The fourth-order valence-electron chi connectivity index (χ4n) is 4.64. The molecule has 1 aromatic carbocycles. The molecule has 1 spiro atoms. The molecule has 1 aromatic rings. The highest BCUT2D eigenvalue weighted by Crippen LogP contribution is 2.47. The molecule has 1 aliphatic carbocycles. The Labute approximate surface area is 152 Å². The van der Waals surface area contributed by atoms with E-state index in [0.29, 0.717) is 19.4 Å². The fraction of sp³-hybridized carbons (Fsp3) is 0.632. The van der Waals surface area contributed by atoms with Crippen molar-refractivity contribution in [2.75, 3.05) is 33.7 Å². The van der Waals surface area contributed by atoms with Crippen LogP contribution in [0.3, 0.4) is 0 Å². The van der Waals surface area contributed by atoms with Gasteiger partial charge in [0, 0.05) is 18.5 Å². The van der Waals surface area contributed by atoms with E-state index in [-0.39, 0.29) is 5.41 Å². The van der Waals surface area contributed by atoms with Crippen LogP contribution in [0, 0.1) is 0 Å². The lowest BCUT2D eigenvalue weighted by Crippen LogP contribution is -2.56. The maximum atomic E-state index is 13.0. The van der Waals surface area contributed by atoms with E-state index in [0.717, 1.165) is 24.3 Å². The van der Waals surface area contributed by atoms with E-state index in [9.17, 15) is 18.0 Å². The Morgan fingerprint density at radius 3 is 2.27 bits per heavy atom. The van der Waals surface area contributed by atoms with Crippen molar-refractivity contribution in [3.63, 3.8) is 0 Å². The standard InChI is InChI=1S/C19H26F3N3O/c1-24(2)13-17(15-6-4-3-5-7-15)8-10-18(11-9-17)12-23-16(26)25(18)14-19(20,21)22/h3-7H,8-14H2,1-2H3,(H,23,26)/t17-,18-. The lowest BCUT2D eigenvalue weighted by Gasteiger charge is -2.49. The zero-order valence-electron chi connectivity index (χ0n) is 15.3. The van der Waals surface area contributed by atoms with Crippen molar-refractivity contribution in [1.29, 1.82) is 0 Å². The minimum absolute atomic E-state index is 0.0917. The minimum Gasteiger partial charge on any atom is -0.336 e. The van der Waals surface area contributed by atoms with Crippen molar-refractivity contribution < 1.29 is 18.0 Å². The molecule has 1 N–H and O–H groups in total. The summed E-state index contributed by atoms with van der Waals surface area (Å²) in [4.78, 5) is 15.2. The second-order valence-corrected chi connectivity index (χ2v) is 7.97. The van der Waals surface area contributed by atoms with Crippen molar-refractivity contribution in [3.05, 3.63) is 35.9 Å². The Balaban J connectivity index is 1.84. The summed E-state index contributed by atoms with van der Waals surface area (Å²) in [6, 6.07) is 9.60. The Bertz CT molecular complexity index is 637. The third-order valence-electron chi connectivity index (χ3n) is 5.87. The first-order valence-electron chi connectivity index (χ1n) is 8.98. The largest absolute Gasteiger partial charge is 0.406 e. The van der Waals surface area contributed by atoms with Crippen molar-refractivity contribution in [2.45, 2.75) is 42.8 Å².